The Balaban J connectivity index is 2.15. The molecule has 0 bridgehead atoms. The first kappa shape index (κ1) is 19.6. The van der Waals surface area contributed by atoms with Crippen LogP contribution in [0.4, 0.5) is 13.2 Å². The second kappa shape index (κ2) is 8.11. The summed E-state index contributed by atoms with van der Waals surface area (Å²) in [6, 6.07) is 3.15. The van der Waals surface area contributed by atoms with E-state index in [2.05, 4.69) is 0 Å². The Kier molecular flexibility index (Phi) is 6.12. The molecule has 6 nitrogen and oxygen atoms in total. The van der Waals surface area contributed by atoms with E-state index in [0.717, 1.165) is 5.57 Å². The number of ether oxygens (including phenoxy) is 3. The lowest BCUT2D eigenvalue weighted by Crippen LogP contribution is -2.40. The molecule has 26 heavy (non-hydrogen) atoms. The minimum absolute atomic E-state index is 0.00223. The van der Waals surface area contributed by atoms with Crippen molar-refractivity contribution >= 4 is 11.9 Å². The van der Waals surface area contributed by atoms with E-state index < -0.39 is 30.5 Å². The molecule has 0 aliphatic carbocycles. The standard InChI is InChI=1S/C17H18F3NO5/c1-10(2)5-6-24-15(22)8-12(21-16(23)17(18,19)20)11-3-4-13-14(7-11)26-9-25-13/h3-5,7,12H,6,8-9H2,1-2H3,(H,21,23). The Morgan fingerprint density at radius 1 is 1.27 bits per heavy atom. The second-order valence-electron chi connectivity index (χ2n) is 5.81. The van der Waals surface area contributed by atoms with Crippen molar-refractivity contribution in [3.05, 3.63) is 35.4 Å². The molecule has 0 saturated heterocycles. The quantitative estimate of drug-likeness (QED) is 0.613. The number of carbonyl (C=O) groups excluding carboxylic acids is 2. The van der Waals surface area contributed by atoms with Gasteiger partial charge in [0, 0.05) is 0 Å². The van der Waals surface area contributed by atoms with Crippen molar-refractivity contribution in [3.8, 4) is 11.5 Å². The van der Waals surface area contributed by atoms with Gasteiger partial charge in [0.2, 0.25) is 6.79 Å². The Hall–Kier alpha value is -2.71. The van der Waals surface area contributed by atoms with Gasteiger partial charge in [-0.3, -0.25) is 9.59 Å². The predicted octanol–water partition coefficient (Wildman–Crippen LogP) is 3.03. The zero-order valence-corrected chi connectivity index (χ0v) is 14.2. The topological polar surface area (TPSA) is 73.9 Å². The lowest BCUT2D eigenvalue weighted by Gasteiger charge is -2.19. The number of esters is 1. The molecule has 142 valence electrons. The van der Waals surface area contributed by atoms with E-state index in [9.17, 15) is 22.8 Å². The van der Waals surface area contributed by atoms with E-state index in [1.165, 1.54) is 18.2 Å². The third kappa shape index (κ3) is 5.40. The van der Waals surface area contributed by atoms with Crippen LogP contribution in [0.5, 0.6) is 11.5 Å². The maximum absolute atomic E-state index is 12.6. The monoisotopic (exact) mass is 373 g/mol. The average molecular weight is 373 g/mol. The Morgan fingerprint density at radius 3 is 2.62 bits per heavy atom. The Morgan fingerprint density at radius 2 is 1.96 bits per heavy atom. The van der Waals surface area contributed by atoms with Gasteiger partial charge >= 0.3 is 18.1 Å². The maximum Gasteiger partial charge on any atom is 0.471 e. The van der Waals surface area contributed by atoms with Crippen LogP contribution in [0.3, 0.4) is 0 Å². The van der Waals surface area contributed by atoms with Crippen LogP contribution in [0.2, 0.25) is 0 Å². The van der Waals surface area contributed by atoms with Crippen molar-refractivity contribution in [3.63, 3.8) is 0 Å². The third-order valence-electron chi connectivity index (χ3n) is 3.47. The lowest BCUT2D eigenvalue weighted by atomic mass is 10.0. The van der Waals surface area contributed by atoms with Crippen molar-refractivity contribution in [2.45, 2.75) is 32.5 Å². The Bertz CT molecular complexity index is 711. The van der Waals surface area contributed by atoms with Gasteiger partial charge in [-0.15, -0.1) is 0 Å². The summed E-state index contributed by atoms with van der Waals surface area (Å²) in [5, 5.41) is 1.82. The average Bonchev–Trinajstić information content (AvgIpc) is 3.00. The van der Waals surface area contributed by atoms with Crippen molar-refractivity contribution in [2.24, 2.45) is 0 Å². The fourth-order valence-corrected chi connectivity index (χ4v) is 2.15. The smallest absolute Gasteiger partial charge is 0.461 e. The van der Waals surface area contributed by atoms with E-state index in [-0.39, 0.29) is 19.0 Å². The van der Waals surface area contributed by atoms with Crippen LogP contribution >= 0.6 is 0 Å². The highest BCUT2D eigenvalue weighted by Gasteiger charge is 2.40. The largest absolute Gasteiger partial charge is 0.471 e. The summed E-state index contributed by atoms with van der Waals surface area (Å²) in [4.78, 5) is 23.2. The fraction of sp³-hybridized carbons (Fsp3) is 0.412. The van der Waals surface area contributed by atoms with E-state index in [0.29, 0.717) is 11.5 Å². The van der Waals surface area contributed by atoms with Crippen LogP contribution in [-0.2, 0) is 14.3 Å². The van der Waals surface area contributed by atoms with Crippen molar-refractivity contribution in [1.29, 1.82) is 0 Å². The van der Waals surface area contributed by atoms with Crippen LogP contribution in [0.25, 0.3) is 0 Å². The molecule has 1 unspecified atom stereocenters. The number of benzene rings is 1. The van der Waals surface area contributed by atoms with Crippen molar-refractivity contribution in [2.75, 3.05) is 13.4 Å². The number of amides is 1. The van der Waals surface area contributed by atoms with Gasteiger partial charge in [0.05, 0.1) is 12.5 Å². The molecule has 0 aromatic heterocycles. The van der Waals surface area contributed by atoms with Crippen molar-refractivity contribution in [1.82, 2.24) is 5.32 Å². The van der Waals surface area contributed by atoms with Gasteiger partial charge in [0.15, 0.2) is 11.5 Å². The normalized spacial score (nSPS) is 13.7. The highest BCUT2D eigenvalue weighted by Crippen LogP contribution is 2.35. The number of allylic oxidation sites excluding steroid dienone is 1. The highest BCUT2D eigenvalue weighted by molar-refractivity contribution is 5.83. The zero-order chi connectivity index (χ0) is 19.3. The number of fused-ring (bicyclic) bond motifs is 1. The van der Waals surface area contributed by atoms with Crippen molar-refractivity contribution < 1.29 is 37.0 Å². The summed E-state index contributed by atoms with van der Waals surface area (Å²) in [6.45, 7) is 3.62. The molecule has 2 rings (SSSR count). The molecule has 9 heteroatoms. The lowest BCUT2D eigenvalue weighted by molar-refractivity contribution is -0.174. The Labute approximate surface area is 147 Å². The number of nitrogens with one attached hydrogen (secondary N) is 1. The summed E-state index contributed by atoms with van der Waals surface area (Å²) < 4.78 is 53.1. The van der Waals surface area contributed by atoms with Gasteiger partial charge in [-0.1, -0.05) is 11.6 Å². The van der Waals surface area contributed by atoms with Crippen LogP contribution < -0.4 is 14.8 Å². The molecular formula is C17H18F3NO5. The molecule has 1 amide bonds. The number of halogens is 3. The molecule has 0 saturated carbocycles. The third-order valence-corrected chi connectivity index (χ3v) is 3.47. The van der Waals surface area contributed by atoms with Crippen LogP contribution in [-0.4, -0.2) is 31.5 Å². The fourth-order valence-electron chi connectivity index (χ4n) is 2.15. The summed E-state index contributed by atoms with van der Waals surface area (Å²) in [5.74, 6) is -2.13. The number of hydrogen-bond acceptors (Lipinski definition) is 5. The summed E-state index contributed by atoms with van der Waals surface area (Å²) in [5.41, 5.74) is 1.20. The van der Waals surface area contributed by atoms with E-state index >= 15 is 0 Å². The van der Waals surface area contributed by atoms with E-state index in [1.807, 2.05) is 19.2 Å². The molecule has 0 fully saturated rings. The van der Waals surface area contributed by atoms with Gasteiger partial charge in [-0.2, -0.15) is 13.2 Å². The molecule has 1 aromatic carbocycles. The minimum atomic E-state index is -5.07. The number of rotatable bonds is 6. The molecule has 1 N–H and O–H groups in total. The maximum atomic E-state index is 12.6. The molecule has 1 aliphatic heterocycles. The van der Waals surface area contributed by atoms with E-state index in [1.54, 1.807) is 6.08 Å². The number of hydrogen-bond donors (Lipinski definition) is 1. The molecule has 1 aliphatic rings. The van der Waals surface area contributed by atoms with Gasteiger partial charge in [0.1, 0.15) is 6.61 Å². The number of carbonyl (C=O) groups is 2. The predicted molar refractivity (Wildman–Crippen MR) is 84.5 cm³/mol. The first-order valence-electron chi connectivity index (χ1n) is 7.73. The van der Waals surface area contributed by atoms with Crippen LogP contribution in [0.15, 0.2) is 29.8 Å². The van der Waals surface area contributed by atoms with E-state index in [4.69, 9.17) is 14.2 Å². The van der Waals surface area contributed by atoms with Gasteiger partial charge in [-0.05, 0) is 37.6 Å². The highest BCUT2D eigenvalue weighted by atomic mass is 19.4. The van der Waals surface area contributed by atoms with Gasteiger partial charge in [-0.25, -0.2) is 0 Å². The SMILES string of the molecule is CC(C)=CCOC(=O)CC(NC(=O)C(F)(F)F)c1ccc2c(c1)OCO2. The molecule has 1 atom stereocenters. The molecule has 0 radical (unpaired) electrons. The van der Waals surface area contributed by atoms with Gasteiger partial charge < -0.3 is 19.5 Å². The first-order chi connectivity index (χ1) is 12.2. The summed E-state index contributed by atoms with van der Waals surface area (Å²) >= 11 is 0. The zero-order valence-electron chi connectivity index (χ0n) is 14.2. The van der Waals surface area contributed by atoms with Gasteiger partial charge in [0.25, 0.3) is 0 Å². The first-order valence-corrected chi connectivity index (χ1v) is 7.73. The molecule has 1 heterocycles. The van der Waals surface area contributed by atoms with Crippen LogP contribution in [0.1, 0.15) is 31.9 Å². The summed E-state index contributed by atoms with van der Waals surface area (Å²) in [6.07, 6.45) is -3.87. The molecule has 1 aromatic rings. The molecule has 0 spiro atoms. The van der Waals surface area contributed by atoms with Crippen LogP contribution in [0, 0.1) is 0 Å². The minimum Gasteiger partial charge on any atom is -0.461 e. The molecular weight excluding hydrogens is 355 g/mol. The second-order valence-corrected chi connectivity index (χ2v) is 5.81. The number of alkyl halides is 3. The summed E-state index contributed by atoms with van der Waals surface area (Å²) in [7, 11) is 0.